The van der Waals surface area contributed by atoms with Gasteiger partial charge in [-0.3, -0.25) is 4.98 Å². The maximum absolute atomic E-state index is 6.87. The number of aryl methyl sites for hydroxylation is 1. The molecule has 0 N–H and O–H groups in total. The first-order valence-corrected chi connectivity index (χ1v) is 11.0. The predicted octanol–water partition coefficient (Wildman–Crippen LogP) is 4.47. The molecule has 0 spiro atoms. The Bertz CT molecular complexity index is 784. The molecule has 0 unspecified atom stereocenters. The molecule has 0 atom stereocenters. The van der Waals surface area contributed by atoms with Gasteiger partial charge >= 0.3 is 0 Å². The van der Waals surface area contributed by atoms with E-state index in [9.17, 15) is 0 Å². The Morgan fingerprint density at radius 1 is 0.808 bits per heavy atom. The van der Waals surface area contributed by atoms with Gasteiger partial charge in [0, 0.05) is 6.20 Å². The Labute approximate surface area is 158 Å². The second kappa shape index (κ2) is 7.56. The highest BCUT2D eigenvalue weighted by Gasteiger charge is 2.50. The van der Waals surface area contributed by atoms with Crippen LogP contribution < -0.4 is 10.4 Å². The van der Waals surface area contributed by atoms with Crippen molar-refractivity contribution in [3.8, 4) is 0 Å². The van der Waals surface area contributed by atoms with Gasteiger partial charge in [-0.1, -0.05) is 87.5 Å². The van der Waals surface area contributed by atoms with Crippen LogP contribution in [0.25, 0.3) is 0 Å². The lowest BCUT2D eigenvalue weighted by Crippen LogP contribution is -2.66. The predicted molar refractivity (Wildman–Crippen MR) is 111 cm³/mol. The molecule has 0 radical (unpaired) electrons. The van der Waals surface area contributed by atoms with Gasteiger partial charge in [0.15, 0.2) is 0 Å². The molecule has 2 nitrogen and oxygen atoms in total. The molecular weight excluding hydrogens is 334 g/mol. The van der Waals surface area contributed by atoms with E-state index in [2.05, 4.69) is 105 Å². The van der Waals surface area contributed by atoms with Crippen LogP contribution in [0.15, 0.2) is 79.0 Å². The Morgan fingerprint density at radius 2 is 1.35 bits per heavy atom. The summed E-state index contributed by atoms with van der Waals surface area (Å²) in [7, 11) is -2.49. The average molecular weight is 362 g/mol. The van der Waals surface area contributed by atoms with Crippen molar-refractivity contribution in [2.24, 2.45) is 0 Å². The summed E-state index contributed by atoms with van der Waals surface area (Å²) < 4.78 is 6.87. The molecule has 26 heavy (non-hydrogen) atoms. The van der Waals surface area contributed by atoms with Crippen molar-refractivity contribution in [1.29, 1.82) is 0 Å². The summed E-state index contributed by atoms with van der Waals surface area (Å²) in [5.41, 5.74) is 2.14. The number of nitrogens with zero attached hydrogens (tertiary/aromatic N) is 1. The Hall–Kier alpha value is -2.23. The Morgan fingerprint density at radius 3 is 1.77 bits per heavy atom. The van der Waals surface area contributed by atoms with Crippen LogP contribution >= 0.6 is 0 Å². The van der Waals surface area contributed by atoms with Gasteiger partial charge in [-0.25, -0.2) is 0 Å². The molecule has 0 aliphatic carbocycles. The SMILES string of the molecule is Cc1ccc(CO[Si](c2ccccc2)(c2ccccc2)C(C)(C)C)nc1. The monoisotopic (exact) mass is 361 g/mol. The van der Waals surface area contributed by atoms with Crippen LogP contribution in [0.3, 0.4) is 0 Å². The first-order valence-electron chi connectivity index (χ1n) is 9.10. The molecule has 0 saturated carbocycles. The highest BCUT2D eigenvalue weighted by atomic mass is 28.4. The second-order valence-electron chi connectivity index (χ2n) is 7.78. The summed E-state index contributed by atoms with van der Waals surface area (Å²) in [6.07, 6.45) is 1.91. The van der Waals surface area contributed by atoms with Crippen molar-refractivity contribution in [3.63, 3.8) is 0 Å². The molecule has 3 aromatic rings. The molecule has 2 aromatic carbocycles. The normalized spacial score (nSPS) is 12.2. The number of pyridine rings is 1. The summed E-state index contributed by atoms with van der Waals surface area (Å²) in [4.78, 5) is 4.55. The third-order valence-electron chi connectivity index (χ3n) is 4.83. The van der Waals surface area contributed by atoms with E-state index in [1.807, 2.05) is 6.20 Å². The molecule has 0 fully saturated rings. The van der Waals surface area contributed by atoms with Crippen LogP contribution in [0.4, 0.5) is 0 Å². The van der Waals surface area contributed by atoms with E-state index >= 15 is 0 Å². The van der Waals surface area contributed by atoms with Gasteiger partial charge in [0.25, 0.3) is 8.32 Å². The third-order valence-corrected chi connectivity index (χ3v) is 9.81. The van der Waals surface area contributed by atoms with Gasteiger partial charge in [0.1, 0.15) is 0 Å². The van der Waals surface area contributed by atoms with E-state index in [1.165, 1.54) is 15.9 Å². The summed E-state index contributed by atoms with van der Waals surface area (Å²) in [6, 6.07) is 25.6. The van der Waals surface area contributed by atoms with Crippen LogP contribution in [0.1, 0.15) is 32.0 Å². The van der Waals surface area contributed by atoms with Crippen LogP contribution in [0.5, 0.6) is 0 Å². The highest BCUT2D eigenvalue weighted by Crippen LogP contribution is 2.37. The number of hydrogen-bond acceptors (Lipinski definition) is 2. The van der Waals surface area contributed by atoms with Gasteiger partial charge in [-0.15, -0.1) is 0 Å². The summed E-state index contributed by atoms with van der Waals surface area (Å²) in [5, 5.41) is 2.58. The maximum Gasteiger partial charge on any atom is 0.261 e. The van der Waals surface area contributed by atoms with Gasteiger partial charge in [0.05, 0.1) is 12.3 Å². The standard InChI is InChI=1S/C23H27NOSi/c1-19-15-16-20(24-17-19)18-25-26(23(2,3)4,21-11-7-5-8-12-21)22-13-9-6-10-14-22/h5-17H,18H2,1-4H3. The lowest BCUT2D eigenvalue weighted by atomic mass is 10.2. The molecule has 134 valence electrons. The van der Waals surface area contributed by atoms with E-state index in [0.717, 1.165) is 5.69 Å². The molecule has 0 bridgehead atoms. The Balaban J connectivity index is 2.09. The molecule has 3 rings (SSSR count). The maximum atomic E-state index is 6.87. The van der Waals surface area contributed by atoms with E-state index < -0.39 is 8.32 Å². The minimum atomic E-state index is -2.49. The average Bonchev–Trinajstić information content (AvgIpc) is 2.64. The lowest BCUT2D eigenvalue weighted by Gasteiger charge is -2.43. The summed E-state index contributed by atoms with van der Waals surface area (Å²) in [5.74, 6) is 0. The van der Waals surface area contributed by atoms with Gasteiger partial charge < -0.3 is 4.43 Å². The molecule has 1 heterocycles. The van der Waals surface area contributed by atoms with E-state index in [4.69, 9.17) is 4.43 Å². The van der Waals surface area contributed by atoms with Crippen molar-refractivity contribution in [1.82, 2.24) is 4.98 Å². The zero-order chi connectivity index (χ0) is 18.6. The Kier molecular flexibility index (Phi) is 5.40. The van der Waals surface area contributed by atoms with Gasteiger partial charge in [-0.05, 0) is 34.0 Å². The van der Waals surface area contributed by atoms with Crippen LogP contribution in [-0.2, 0) is 11.0 Å². The van der Waals surface area contributed by atoms with E-state index in [0.29, 0.717) is 6.61 Å². The third kappa shape index (κ3) is 3.64. The fraction of sp³-hybridized carbons (Fsp3) is 0.261. The number of aromatic nitrogens is 1. The fourth-order valence-corrected chi connectivity index (χ4v) is 8.05. The van der Waals surface area contributed by atoms with Crippen molar-refractivity contribution >= 4 is 18.7 Å². The van der Waals surface area contributed by atoms with Crippen molar-refractivity contribution in [2.45, 2.75) is 39.3 Å². The van der Waals surface area contributed by atoms with Gasteiger partial charge in [0.2, 0.25) is 0 Å². The molecule has 0 amide bonds. The number of rotatable bonds is 5. The quantitative estimate of drug-likeness (QED) is 0.626. The van der Waals surface area contributed by atoms with Crippen LogP contribution in [0.2, 0.25) is 5.04 Å². The van der Waals surface area contributed by atoms with Crippen LogP contribution in [0, 0.1) is 6.92 Å². The van der Waals surface area contributed by atoms with E-state index in [1.54, 1.807) is 0 Å². The fourth-order valence-electron chi connectivity index (χ4n) is 3.53. The summed E-state index contributed by atoms with van der Waals surface area (Å²) >= 11 is 0. The number of hydrogen-bond donors (Lipinski definition) is 0. The van der Waals surface area contributed by atoms with Crippen molar-refractivity contribution < 1.29 is 4.43 Å². The minimum Gasteiger partial charge on any atom is -0.402 e. The first kappa shape index (κ1) is 18.6. The molecule has 3 heteroatoms. The van der Waals surface area contributed by atoms with Crippen molar-refractivity contribution in [2.75, 3.05) is 0 Å². The minimum absolute atomic E-state index is 0.0135. The van der Waals surface area contributed by atoms with Crippen LogP contribution in [-0.4, -0.2) is 13.3 Å². The largest absolute Gasteiger partial charge is 0.402 e. The summed E-state index contributed by atoms with van der Waals surface area (Å²) in [6.45, 7) is 9.46. The van der Waals surface area contributed by atoms with Crippen molar-refractivity contribution in [3.05, 3.63) is 90.3 Å². The highest BCUT2D eigenvalue weighted by molar-refractivity contribution is 6.99. The zero-order valence-corrected chi connectivity index (χ0v) is 17.1. The molecule has 0 aliphatic heterocycles. The molecular formula is C23H27NOSi. The topological polar surface area (TPSA) is 22.1 Å². The van der Waals surface area contributed by atoms with Gasteiger partial charge in [-0.2, -0.15) is 0 Å². The first-order chi connectivity index (χ1) is 12.4. The van der Waals surface area contributed by atoms with E-state index in [-0.39, 0.29) is 5.04 Å². The smallest absolute Gasteiger partial charge is 0.261 e. The lowest BCUT2D eigenvalue weighted by molar-refractivity contribution is 0.282. The zero-order valence-electron chi connectivity index (χ0n) is 16.1. The molecule has 0 aliphatic rings. The number of benzene rings is 2. The second-order valence-corrected chi connectivity index (χ2v) is 12.1. The molecule has 1 aromatic heterocycles. The molecule has 0 saturated heterocycles.